The van der Waals surface area contributed by atoms with E-state index < -0.39 is 0 Å². The molecular formula is C10H9N2O. The van der Waals surface area contributed by atoms with Gasteiger partial charge in [-0.3, -0.25) is 0 Å². The molecule has 0 amide bonds. The van der Waals surface area contributed by atoms with E-state index in [1.807, 2.05) is 24.3 Å². The van der Waals surface area contributed by atoms with E-state index in [1.54, 1.807) is 19.5 Å². The maximum absolute atomic E-state index is 5.11. The minimum absolute atomic E-state index is 0.846. The molecule has 1 aliphatic rings. The van der Waals surface area contributed by atoms with Crippen LogP contribution >= 0.6 is 0 Å². The second-order valence-electron chi connectivity index (χ2n) is 2.68. The van der Waals surface area contributed by atoms with Crippen LogP contribution in [0, 0.1) is 0 Å². The van der Waals surface area contributed by atoms with Crippen molar-refractivity contribution in [2.24, 2.45) is 5.10 Å². The summed E-state index contributed by atoms with van der Waals surface area (Å²) >= 11 is 0. The Kier molecular flexibility index (Phi) is 2.00. The van der Waals surface area contributed by atoms with Gasteiger partial charge >= 0.3 is 0 Å². The Hall–Kier alpha value is -1.77. The van der Waals surface area contributed by atoms with Crippen molar-refractivity contribution >= 4 is 11.8 Å². The van der Waals surface area contributed by atoms with Crippen LogP contribution in [0.2, 0.25) is 0 Å². The molecule has 0 bridgehead atoms. The first-order valence-electron chi connectivity index (χ1n) is 3.98. The van der Waals surface area contributed by atoms with Gasteiger partial charge in [0.15, 0.2) is 0 Å². The normalized spacial score (nSPS) is 13.8. The molecular weight excluding hydrogens is 164 g/mol. The molecule has 1 heterocycles. The second kappa shape index (κ2) is 3.31. The van der Waals surface area contributed by atoms with Crippen molar-refractivity contribution < 1.29 is 4.74 Å². The van der Waals surface area contributed by atoms with E-state index in [1.165, 1.54) is 0 Å². The molecule has 0 aliphatic carbocycles. The van der Waals surface area contributed by atoms with Crippen LogP contribution in [0.1, 0.15) is 5.56 Å². The van der Waals surface area contributed by atoms with Gasteiger partial charge in [-0.1, -0.05) is 12.1 Å². The Morgan fingerprint density at radius 3 is 2.92 bits per heavy atom. The highest BCUT2D eigenvalue weighted by Gasteiger charge is 2.03. The molecule has 0 aromatic heterocycles. The van der Waals surface area contributed by atoms with Gasteiger partial charge in [0, 0.05) is 5.57 Å². The van der Waals surface area contributed by atoms with Gasteiger partial charge in [-0.2, -0.15) is 10.5 Å². The van der Waals surface area contributed by atoms with Crippen molar-refractivity contribution in [2.45, 2.75) is 0 Å². The fourth-order valence-electron chi connectivity index (χ4n) is 1.18. The SMILES string of the molecule is COc1cccc(C2=C[N]N=C2)c1. The molecule has 0 saturated carbocycles. The lowest BCUT2D eigenvalue weighted by Gasteiger charge is -2.01. The summed E-state index contributed by atoms with van der Waals surface area (Å²) in [7, 11) is 1.65. The standard InChI is InChI=1S/C10H9N2O/c1-13-10-4-2-3-8(5-10)9-6-11-12-7-9/h2-7H,1H3. The fourth-order valence-corrected chi connectivity index (χ4v) is 1.18. The summed E-state index contributed by atoms with van der Waals surface area (Å²) in [4.78, 5) is 0. The number of hydrogen-bond donors (Lipinski definition) is 0. The van der Waals surface area contributed by atoms with Crippen LogP contribution in [0.4, 0.5) is 0 Å². The molecule has 1 radical (unpaired) electrons. The second-order valence-corrected chi connectivity index (χ2v) is 2.68. The monoisotopic (exact) mass is 173 g/mol. The third-order valence-electron chi connectivity index (χ3n) is 1.86. The van der Waals surface area contributed by atoms with Gasteiger partial charge in [-0.15, -0.1) is 0 Å². The van der Waals surface area contributed by atoms with E-state index in [2.05, 4.69) is 10.5 Å². The van der Waals surface area contributed by atoms with Crippen LogP contribution in [0.3, 0.4) is 0 Å². The van der Waals surface area contributed by atoms with Crippen LogP contribution < -0.4 is 10.2 Å². The van der Waals surface area contributed by atoms with Crippen molar-refractivity contribution in [2.75, 3.05) is 7.11 Å². The van der Waals surface area contributed by atoms with Crippen molar-refractivity contribution in [3.63, 3.8) is 0 Å². The van der Waals surface area contributed by atoms with Gasteiger partial charge in [0.1, 0.15) is 5.75 Å². The van der Waals surface area contributed by atoms with Crippen molar-refractivity contribution in [3.8, 4) is 5.75 Å². The smallest absolute Gasteiger partial charge is 0.119 e. The first kappa shape index (κ1) is 7.86. The molecule has 0 unspecified atom stereocenters. The van der Waals surface area contributed by atoms with E-state index in [4.69, 9.17) is 4.74 Å². The maximum atomic E-state index is 5.11. The van der Waals surface area contributed by atoms with Gasteiger partial charge in [0.05, 0.1) is 19.5 Å². The lowest BCUT2D eigenvalue weighted by molar-refractivity contribution is 0.414. The molecule has 3 heteroatoms. The summed E-state index contributed by atoms with van der Waals surface area (Å²) in [6.45, 7) is 0. The lowest BCUT2D eigenvalue weighted by atomic mass is 10.1. The third-order valence-corrected chi connectivity index (χ3v) is 1.86. The quantitative estimate of drug-likeness (QED) is 0.669. The summed E-state index contributed by atoms with van der Waals surface area (Å²) in [5.74, 6) is 0.846. The Morgan fingerprint density at radius 2 is 2.23 bits per heavy atom. The Bertz CT molecular complexity index is 369. The molecule has 1 aromatic rings. The molecule has 0 saturated heterocycles. The number of hydrogen-bond acceptors (Lipinski definition) is 2. The largest absolute Gasteiger partial charge is 0.497 e. The number of methoxy groups -OCH3 is 1. The molecule has 0 atom stereocenters. The van der Waals surface area contributed by atoms with Gasteiger partial charge < -0.3 is 4.74 Å². The third kappa shape index (κ3) is 1.54. The van der Waals surface area contributed by atoms with E-state index >= 15 is 0 Å². The number of allylic oxidation sites excluding steroid dienone is 1. The number of rotatable bonds is 2. The van der Waals surface area contributed by atoms with Crippen LogP contribution in [-0.4, -0.2) is 13.3 Å². The zero-order chi connectivity index (χ0) is 9.10. The Morgan fingerprint density at radius 1 is 1.31 bits per heavy atom. The van der Waals surface area contributed by atoms with Crippen molar-refractivity contribution in [1.29, 1.82) is 0 Å². The van der Waals surface area contributed by atoms with Gasteiger partial charge in [-0.05, 0) is 17.7 Å². The predicted octanol–water partition coefficient (Wildman–Crippen LogP) is 1.64. The molecule has 1 aromatic carbocycles. The minimum Gasteiger partial charge on any atom is -0.497 e. The number of benzene rings is 1. The van der Waals surface area contributed by atoms with Crippen LogP contribution in [0.5, 0.6) is 5.75 Å². The molecule has 1 aliphatic heterocycles. The molecule has 3 nitrogen and oxygen atoms in total. The minimum atomic E-state index is 0.846. The van der Waals surface area contributed by atoms with E-state index in [0.717, 1.165) is 16.9 Å². The van der Waals surface area contributed by atoms with Gasteiger partial charge in [-0.25, -0.2) is 0 Å². The van der Waals surface area contributed by atoms with Gasteiger partial charge in [0.25, 0.3) is 0 Å². The fraction of sp³-hybridized carbons (Fsp3) is 0.100. The van der Waals surface area contributed by atoms with Crippen molar-refractivity contribution in [3.05, 3.63) is 36.0 Å². The first-order chi connectivity index (χ1) is 6.40. The number of nitrogens with zero attached hydrogens (tertiary/aromatic N) is 2. The Balaban J connectivity index is 2.35. The predicted molar refractivity (Wildman–Crippen MR) is 51.6 cm³/mol. The first-order valence-corrected chi connectivity index (χ1v) is 3.98. The molecule has 2 rings (SSSR count). The highest BCUT2D eigenvalue weighted by Crippen LogP contribution is 2.19. The summed E-state index contributed by atoms with van der Waals surface area (Å²) in [5.41, 5.74) is 5.85. The summed E-state index contributed by atoms with van der Waals surface area (Å²) < 4.78 is 5.11. The van der Waals surface area contributed by atoms with Gasteiger partial charge in [0.2, 0.25) is 0 Å². The zero-order valence-corrected chi connectivity index (χ0v) is 7.27. The molecule has 0 N–H and O–H groups in total. The zero-order valence-electron chi connectivity index (χ0n) is 7.27. The molecule has 13 heavy (non-hydrogen) atoms. The highest BCUT2D eigenvalue weighted by molar-refractivity contribution is 6.10. The summed E-state index contributed by atoms with van der Waals surface area (Å²) in [6, 6.07) is 7.81. The summed E-state index contributed by atoms with van der Waals surface area (Å²) in [6.07, 6.45) is 3.46. The topological polar surface area (TPSA) is 35.7 Å². The Labute approximate surface area is 76.7 Å². The van der Waals surface area contributed by atoms with Crippen LogP contribution in [-0.2, 0) is 0 Å². The average Bonchev–Trinajstić information content (AvgIpc) is 2.71. The van der Waals surface area contributed by atoms with E-state index in [9.17, 15) is 0 Å². The highest BCUT2D eigenvalue weighted by atomic mass is 16.5. The molecule has 0 fully saturated rings. The van der Waals surface area contributed by atoms with E-state index in [0.29, 0.717) is 0 Å². The molecule has 0 spiro atoms. The summed E-state index contributed by atoms with van der Waals surface area (Å²) in [5, 5.41) is 3.76. The van der Waals surface area contributed by atoms with Crippen LogP contribution in [0.15, 0.2) is 35.6 Å². The van der Waals surface area contributed by atoms with E-state index in [-0.39, 0.29) is 0 Å². The maximum Gasteiger partial charge on any atom is 0.119 e. The van der Waals surface area contributed by atoms with Crippen molar-refractivity contribution in [1.82, 2.24) is 5.43 Å². The average molecular weight is 173 g/mol. The molecule has 65 valence electrons. The lowest BCUT2D eigenvalue weighted by Crippen LogP contribution is -1.86. The number of ether oxygens (including phenoxy) is 1. The van der Waals surface area contributed by atoms with Crippen LogP contribution in [0.25, 0.3) is 5.57 Å².